The molecule has 0 bridgehead atoms. The lowest BCUT2D eigenvalue weighted by Gasteiger charge is -2.40. The third-order valence-corrected chi connectivity index (χ3v) is 12.8. The number of aliphatic carboxylic acids is 1. The number of hydrogen-bond donors (Lipinski definition) is 3. The summed E-state index contributed by atoms with van der Waals surface area (Å²) in [5.74, 6) is -3.10. The van der Waals surface area contributed by atoms with Gasteiger partial charge in [0.05, 0.1) is 6.61 Å². The molecule has 0 aliphatic carbocycles. The highest BCUT2D eigenvalue weighted by molar-refractivity contribution is 5.74. The Morgan fingerprint density at radius 1 is 0.478 bits per heavy atom. The van der Waals surface area contributed by atoms with Crippen molar-refractivity contribution in [3.05, 3.63) is 12.2 Å². The van der Waals surface area contributed by atoms with Crippen molar-refractivity contribution in [3.8, 4) is 0 Å². The van der Waals surface area contributed by atoms with Crippen LogP contribution in [-0.2, 0) is 42.9 Å². The predicted octanol–water partition coefficient (Wildman–Crippen LogP) is 13.3. The molecule has 1 rings (SSSR count). The van der Waals surface area contributed by atoms with E-state index in [1.165, 1.54) is 122 Å². The monoisotopic (exact) mass is 953 g/mol. The van der Waals surface area contributed by atoms with Crippen molar-refractivity contribution in [2.75, 3.05) is 13.2 Å². The van der Waals surface area contributed by atoms with Gasteiger partial charge in [0.2, 0.25) is 0 Å². The molecule has 0 aromatic carbocycles. The Morgan fingerprint density at radius 2 is 0.866 bits per heavy atom. The van der Waals surface area contributed by atoms with Gasteiger partial charge in [-0.1, -0.05) is 219 Å². The number of unbranched alkanes of at least 4 members (excludes halogenated alkanes) is 31. The summed E-state index contributed by atoms with van der Waals surface area (Å²) in [6.07, 6.45) is 34.9. The number of esters is 3. The largest absolute Gasteiger partial charge is 0.479 e. The fraction of sp³-hybridized carbons (Fsp3) is 0.891. The first-order chi connectivity index (χ1) is 32.6. The SMILES string of the molecule is CCCC/C=C\CCCCCCCC(=O)OC(COC(=O)CCCCCCCCCCCCCCCCC)COC1OC(C(=O)O)C(O)C(O)C1OC(=O)CCCCCCCCCCCCC. The molecule has 0 saturated carbocycles. The zero-order chi connectivity index (χ0) is 49.0. The summed E-state index contributed by atoms with van der Waals surface area (Å²) in [6.45, 7) is 5.94. The van der Waals surface area contributed by atoms with Crippen molar-refractivity contribution in [1.29, 1.82) is 0 Å². The Balaban J connectivity index is 2.69. The Morgan fingerprint density at radius 3 is 1.31 bits per heavy atom. The van der Waals surface area contributed by atoms with E-state index in [1.807, 2.05) is 0 Å². The average Bonchev–Trinajstić information content (AvgIpc) is 3.31. The molecule has 0 radical (unpaired) electrons. The lowest BCUT2D eigenvalue weighted by Crippen LogP contribution is -2.61. The van der Waals surface area contributed by atoms with Crippen LogP contribution in [0.2, 0.25) is 0 Å². The molecule has 12 nitrogen and oxygen atoms in total. The van der Waals surface area contributed by atoms with E-state index in [-0.39, 0.29) is 25.9 Å². The minimum Gasteiger partial charge on any atom is -0.479 e. The van der Waals surface area contributed by atoms with Crippen molar-refractivity contribution < 1.29 is 58.2 Å². The van der Waals surface area contributed by atoms with E-state index in [2.05, 4.69) is 32.9 Å². The number of hydrogen-bond acceptors (Lipinski definition) is 11. The molecule has 0 aromatic heterocycles. The predicted molar refractivity (Wildman–Crippen MR) is 267 cm³/mol. The van der Waals surface area contributed by atoms with Crippen LogP contribution in [0.5, 0.6) is 0 Å². The van der Waals surface area contributed by atoms with Gasteiger partial charge in [-0.15, -0.1) is 0 Å². The first kappa shape index (κ1) is 62.5. The van der Waals surface area contributed by atoms with Gasteiger partial charge in [-0.2, -0.15) is 0 Å². The fourth-order valence-corrected chi connectivity index (χ4v) is 8.53. The molecule has 1 aliphatic heterocycles. The zero-order valence-electron chi connectivity index (χ0n) is 42.9. The summed E-state index contributed by atoms with van der Waals surface area (Å²) in [6, 6.07) is 0. The van der Waals surface area contributed by atoms with Crippen molar-refractivity contribution in [2.24, 2.45) is 0 Å². The molecule has 1 aliphatic rings. The van der Waals surface area contributed by atoms with Gasteiger partial charge < -0.3 is 39.0 Å². The first-order valence-electron chi connectivity index (χ1n) is 27.7. The third kappa shape index (κ3) is 35.3. The normalized spacial score (nSPS) is 18.9. The second-order valence-corrected chi connectivity index (χ2v) is 19.2. The molecule has 1 heterocycles. The van der Waals surface area contributed by atoms with Crippen molar-refractivity contribution in [2.45, 2.75) is 302 Å². The fourth-order valence-electron chi connectivity index (χ4n) is 8.53. The van der Waals surface area contributed by atoms with E-state index in [4.69, 9.17) is 23.7 Å². The van der Waals surface area contributed by atoms with Crippen LogP contribution < -0.4 is 0 Å². The zero-order valence-corrected chi connectivity index (χ0v) is 42.9. The minimum atomic E-state index is -1.89. The van der Waals surface area contributed by atoms with E-state index in [1.54, 1.807) is 0 Å². The maximum atomic E-state index is 13.1. The van der Waals surface area contributed by atoms with Gasteiger partial charge >= 0.3 is 23.9 Å². The summed E-state index contributed by atoms with van der Waals surface area (Å²) in [7, 11) is 0. The highest BCUT2D eigenvalue weighted by Crippen LogP contribution is 2.26. The van der Waals surface area contributed by atoms with Gasteiger partial charge in [0.25, 0.3) is 0 Å². The number of carboxylic acid groups (broad SMARTS) is 1. The van der Waals surface area contributed by atoms with Crippen molar-refractivity contribution in [3.63, 3.8) is 0 Å². The molecule has 3 N–H and O–H groups in total. The summed E-state index contributed by atoms with van der Waals surface area (Å²) >= 11 is 0. The number of rotatable bonds is 47. The Hall–Kier alpha value is -2.54. The van der Waals surface area contributed by atoms with Crippen LogP contribution in [0, 0.1) is 0 Å². The number of carboxylic acids is 1. The van der Waals surface area contributed by atoms with Gasteiger partial charge in [0.1, 0.15) is 18.8 Å². The number of aliphatic hydroxyl groups is 2. The van der Waals surface area contributed by atoms with Gasteiger partial charge in [-0.05, 0) is 38.5 Å². The molecule has 0 aromatic rings. The van der Waals surface area contributed by atoms with E-state index >= 15 is 0 Å². The van der Waals surface area contributed by atoms with Gasteiger partial charge in [-0.3, -0.25) is 14.4 Å². The van der Waals surface area contributed by atoms with E-state index in [9.17, 15) is 34.5 Å². The van der Waals surface area contributed by atoms with Crippen LogP contribution in [0.25, 0.3) is 0 Å². The lowest BCUT2D eigenvalue weighted by atomic mass is 9.98. The Kier molecular flexibility index (Phi) is 41.6. The lowest BCUT2D eigenvalue weighted by molar-refractivity contribution is -0.301. The highest BCUT2D eigenvalue weighted by atomic mass is 16.7. The average molecular weight is 953 g/mol. The topological polar surface area (TPSA) is 175 Å². The summed E-state index contributed by atoms with van der Waals surface area (Å²) in [5, 5.41) is 31.3. The molecule has 6 unspecified atom stereocenters. The van der Waals surface area contributed by atoms with E-state index in [0.29, 0.717) is 19.3 Å². The standard InChI is InChI=1S/C55H100O12/c1-4-7-10-13-16-19-22-23-24-25-28-29-32-35-38-41-47(56)63-44-46(65-48(57)42-39-36-33-30-26-20-17-14-11-8-5-2)45-64-55-53(51(60)50(59)52(67-55)54(61)62)66-49(58)43-40-37-34-31-27-21-18-15-12-9-6-3/h14,17,46,50-53,55,59-60H,4-13,15-16,18-45H2,1-3H3,(H,61,62)/b17-14-. The summed E-state index contributed by atoms with van der Waals surface area (Å²) in [4.78, 5) is 50.8. The highest BCUT2D eigenvalue weighted by Gasteiger charge is 2.50. The van der Waals surface area contributed by atoms with Crippen LogP contribution in [0.15, 0.2) is 12.2 Å². The van der Waals surface area contributed by atoms with Crippen LogP contribution >= 0.6 is 0 Å². The van der Waals surface area contributed by atoms with Crippen LogP contribution in [0.3, 0.4) is 0 Å². The summed E-state index contributed by atoms with van der Waals surface area (Å²) in [5.41, 5.74) is 0. The summed E-state index contributed by atoms with van der Waals surface area (Å²) < 4.78 is 28.3. The van der Waals surface area contributed by atoms with Gasteiger partial charge in [0, 0.05) is 19.3 Å². The Bertz CT molecular complexity index is 1230. The molecule has 67 heavy (non-hydrogen) atoms. The molecular weight excluding hydrogens is 853 g/mol. The van der Waals surface area contributed by atoms with Crippen LogP contribution in [0.1, 0.15) is 265 Å². The number of ether oxygens (including phenoxy) is 5. The van der Waals surface area contributed by atoms with Crippen molar-refractivity contribution in [1.82, 2.24) is 0 Å². The van der Waals surface area contributed by atoms with Gasteiger partial charge in [0.15, 0.2) is 24.6 Å². The van der Waals surface area contributed by atoms with Gasteiger partial charge in [-0.25, -0.2) is 4.79 Å². The van der Waals surface area contributed by atoms with Crippen molar-refractivity contribution >= 4 is 23.9 Å². The molecule has 1 saturated heterocycles. The second kappa shape index (κ2) is 44.7. The number of aliphatic hydroxyl groups excluding tert-OH is 2. The number of allylic oxidation sites excluding steroid dienone is 2. The smallest absolute Gasteiger partial charge is 0.335 e. The minimum absolute atomic E-state index is 0.0665. The molecule has 1 fully saturated rings. The molecule has 0 spiro atoms. The number of carbonyl (C=O) groups is 4. The first-order valence-corrected chi connectivity index (χ1v) is 27.7. The van der Waals surface area contributed by atoms with Crippen LogP contribution in [-0.4, -0.2) is 89.2 Å². The quantitative estimate of drug-likeness (QED) is 0.0228. The van der Waals surface area contributed by atoms with E-state index in [0.717, 1.165) is 83.5 Å². The molecule has 0 amide bonds. The van der Waals surface area contributed by atoms with Crippen LogP contribution in [0.4, 0.5) is 0 Å². The molecular formula is C55H100O12. The molecule has 6 atom stereocenters. The maximum Gasteiger partial charge on any atom is 0.335 e. The maximum absolute atomic E-state index is 13.1. The molecule has 12 heteroatoms. The van der Waals surface area contributed by atoms with E-state index < -0.39 is 67.3 Å². The number of carbonyl (C=O) groups excluding carboxylic acids is 3. The third-order valence-electron chi connectivity index (χ3n) is 12.8. The Labute approximate surface area is 407 Å². The molecule has 392 valence electrons. The second-order valence-electron chi connectivity index (χ2n) is 19.2.